The van der Waals surface area contributed by atoms with Gasteiger partial charge in [-0.1, -0.05) is 12.1 Å². The fraction of sp³-hybridized carbons (Fsp3) is 0.214. The van der Waals surface area contributed by atoms with Gasteiger partial charge >= 0.3 is 0 Å². The summed E-state index contributed by atoms with van der Waals surface area (Å²) in [5, 5.41) is 0. The van der Waals surface area contributed by atoms with Crippen LogP contribution in [0, 0.1) is 6.92 Å². The number of ketones is 1. The number of hydrogen-bond donors (Lipinski definition) is 1. The highest BCUT2D eigenvalue weighted by molar-refractivity contribution is 7.14. The summed E-state index contributed by atoms with van der Waals surface area (Å²) >= 11 is 1.56. The molecule has 0 saturated carbocycles. The minimum absolute atomic E-state index is 0.213. The van der Waals surface area contributed by atoms with Crippen molar-refractivity contribution in [2.24, 2.45) is 0 Å². The standard InChI is InChI=1S/C14H15NOS/c1-10-5-8-14(17-10)13(16)7-6-11-3-2-4-12(15)9-11/h2-5,8-9H,6-7,15H2,1H3. The highest BCUT2D eigenvalue weighted by Gasteiger charge is 2.08. The van der Waals surface area contributed by atoms with Gasteiger partial charge in [-0.15, -0.1) is 11.3 Å². The zero-order valence-corrected chi connectivity index (χ0v) is 10.6. The summed E-state index contributed by atoms with van der Waals surface area (Å²) in [7, 11) is 0. The summed E-state index contributed by atoms with van der Waals surface area (Å²) in [5.41, 5.74) is 7.57. The van der Waals surface area contributed by atoms with Gasteiger partial charge in [0.25, 0.3) is 0 Å². The number of thiophene rings is 1. The highest BCUT2D eigenvalue weighted by Crippen LogP contribution is 2.18. The molecule has 1 aromatic heterocycles. The summed E-state index contributed by atoms with van der Waals surface area (Å²) in [6.07, 6.45) is 1.30. The first-order valence-corrected chi connectivity index (χ1v) is 6.41. The monoisotopic (exact) mass is 245 g/mol. The van der Waals surface area contributed by atoms with Gasteiger partial charge in [0.2, 0.25) is 0 Å². The molecule has 0 saturated heterocycles. The van der Waals surface area contributed by atoms with Gasteiger partial charge in [-0.2, -0.15) is 0 Å². The van der Waals surface area contributed by atoms with Crippen LogP contribution in [0.4, 0.5) is 5.69 Å². The number of carbonyl (C=O) groups excluding carboxylic acids is 1. The molecular formula is C14H15NOS. The average molecular weight is 245 g/mol. The van der Waals surface area contributed by atoms with E-state index < -0.39 is 0 Å². The molecule has 2 aromatic rings. The Morgan fingerprint density at radius 3 is 2.76 bits per heavy atom. The molecule has 0 aliphatic carbocycles. The molecule has 2 N–H and O–H groups in total. The smallest absolute Gasteiger partial charge is 0.173 e. The fourth-order valence-corrected chi connectivity index (χ4v) is 2.55. The zero-order valence-electron chi connectivity index (χ0n) is 9.77. The second-order valence-corrected chi connectivity index (χ2v) is 5.37. The molecule has 0 amide bonds. The largest absolute Gasteiger partial charge is 0.399 e. The van der Waals surface area contributed by atoms with E-state index in [-0.39, 0.29) is 5.78 Å². The Kier molecular flexibility index (Phi) is 3.59. The van der Waals surface area contributed by atoms with E-state index in [1.165, 1.54) is 4.88 Å². The first kappa shape index (κ1) is 11.9. The molecule has 2 rings (SSSR count). The molecule has 17 heavy (non-hydrogen) atoms. The molecule has 1 aromatic carbocycles. The lowest BCUT2D eigenvalue weighted by molar-refractivity contribution is 0.0986. The van der Waals surface area contributed by atoms with Crippen molar-refractivity contribution in [1.29, 1.82) is 0 Å². The SMILES string of the molecule is Cc1ccc(C(=O)CCc2cccc(N)c2)s1. The summed E-state index contributed by atoms with van der Waals surface area (Å²) in [6.45, 7) is 2.01. The third-order valence-electron chi connectivity index (χ3n) is 2.61. The Labute approximate surface area is 105 Å². The molecule has 88 valence electrons. The van der Waals surface area contributed by atoms with Gasteiger partial charge in [0.05, 0.1) is 4.88 Å². The Morgan fingerprint density at radius 1 is 1.29 bits per heavy atom. The molecule has 2 nitrogen and oxygen atoms in total. The average Bonchev–Trinajstić information content (AvgIpc) is 2.73. The van der Waals surface area contributed by atoms with Crippen molar-refractivity contribution in [3.05, 3.63) is 51.7 Å². The molecule has 0 fully saturated rings. The fourth-order valence-electron chi connectivity index (χ4n) is 1.71. The van der Waals surface area contributed by atoms with E-state index in [0.717, 1.165) is 22.5 Å². The number of nitrogens with two attached hydrogens (primary N) is 1. The molecule has 0 spiro atoms. The van der Waals surface area contributed by atoms with Crippen molar-refractivity contribution in [2.45, 2.75) is 19.8 Å². The number of hydrogen-bond acceptors (Lipinski definition) is 3. The molecular weight excluding hydrogens is 230 g/mol. The van der Waals surface area contributed by atoms with Crippen LogP contribution in [0.5, 0.6) is 0 Å². The Hall–Kier alpha value is -1.61. The van der Waals surface area contributed by atoms with Crippen molar-refractivity contribution in [3.8, 4) is 0 Å². The van der Waals surface area contributed by atoms with Gasteiger partial charge in [-0.05, 0) is 43.2 Å². The van der Waals surface area contributed by atoms with Crippen molar-refractivity contribution in [1.82, 2.24) is 0 Å². The predicted molar refractivity (Wildman–Crippen MR) is 72.6 cm³/mol. The molecule has 1 heterocycles. The van der Waals surface area contributed by atoms with Crippen molar-refractivity contribution < 1.29 is 4.79 Å². The maximum absolute atomic E-state index is 11.9. The third kappa shape index (κ3) is 3.17. The lowest BCUT2D eigenvalue weighted by Gasteiger charge is -2.01. The number of rotatable bonds is 4. The van der Waals surface area contributed by atoms with Crippen molar-refractivity contribution in [3.63, 3.8) is 0 Å². The Morgan fingerprint density at radius 2 is 2.12 bits per heavy atom. The van der Waals surface area contributed by atoms with Crippen LogP contribution in [-0.4, -0.2) is 5.78 Å². The maximum atomic E-state index is 11.9. The molecule has 0 bridgehead atoms. The highest BCUT2D eigenvalue weighted by atomic mass is 32.1. The van der Waals surface area contributed by atoms with Crippen LogP contribution < -0.4 is 5.73 Å². The zero-order chi connectivity index (χ0) is 12.3. The number of benzene rings is 1. The van der Waals surface area contributed by atoms with Gasteiger partial charge < -0.3 is 5.73 Å². The Balaban J connectivity index is 1.97. The molecule has 0 unspecified atom stereocenters. The van der Waals surface area contributed by atoms with Gasteiger partial charge in [-0.3, -0.25) is 4.79 Å². The number of anilines is 1. The number of aryl methyl sites for hydroxylation is 2. The number of carbonyl (C=O) groups is 1. The third-order valence-corrected chi connectivity index (χ3v) is 3.65. The topological polar surface area (TPSA) is 43.1 Å². The van der Waals surface area contributed by atoms with E-state index in [0.29, 0.717) is 6.42 Å². The molecule has 0 atom stereocenters. The second-order valence-electron chi connectivity index (χ2n) is 4.08. The molecule has 0 aliphatic heterocycles. The van der Waals surface area contributed by atoms with E-state index in [1.807, 2.05) is 43.3 Å². The maximum Gasteiger partial charge on any atom is 0.173 e. The van der Waals surface area contributed by atoms with E-state index in [2.05, 4.69) is 0 Å². The van der Waals surface area contributed by atoms with Gasteiger partial charge in [0.1, 0.15) is 0 Å². The number of Topliss-reactive ketones (excluding diaryl/α,β-unsaturated/α-hetero) is 1. The van der Waals surface area contributed by atoms with Crippen LogP contribution in [0.2, 0.25) is 0 Å². The quantitative estimate of drug-likeness (QED) is 0.662. The lowest BCUT2D eigenvalue weighted by atomic mass is 10.1. The van der Waals surface area contributed by atoms with Crippen LogP contribution in [0.3, 0.4) is 0 Å². The van der Waals surface area contributed by atoms with E-state index in [1.54, 1.807) is 11.3 Å². The summed E-state index contributed by atoms with van der Waals surface area (Å²) in [5.74, 6) is 0.213. The molecule has 0 aliphatic rings. The van der Waals surface area contributed by atoms with Crippen molar-refractivity contribution >= 4 is 22.8 Å². The first-order chi connectivity index (χ1) is 8.15. The van der Waals surface area contributed by atoms with Crippen molar-refractivity contribution in [2.75, 3.05) is 5.73 Å². The summed E-state index contributed by atoms with van der Waals surface area (Å²) in [4.78, 5) is 13.9. The van der Waals surface area contributed by atoms with Crippen LogP contribution in [0.25, 0.3) is 0 Å². The lowest BCUT2D eigenvalue weighted by Crippen LogP contribution is -1.99. The van der Waals surface area contributed by atoms with Gasteiger partial charge in [0.15, 0.2) is 5.78 Å². The summed E-state index contributed by atoms with van der Waals surface area (Å²) < 4.78 is 0. The predicted octanol–water partition coefficient (Wildman–Crippen LogP) is 3.45. The minimum Gasteiger partial charge on any atom is -0.399 e. The molecule has 0 radical (unpaired) electrons. The van der Waals surface area contributed by atoms with Crippen LogP contribution >= 0.6 is 11.3 Å². The Bertz CT molecular complexity index is 531. The number of nitrogen functional groups attached to an aromatic ring is 1. The normalized spacial score (nSPS) is 10.4. The second kappa shape index (κ2) is 5.15. The van der Waals surface area contributed by atoms with Crippen LogP contribution in [-0.2, 0) is 6.42 Å². The molecule has 3 heteroatoms. The first-order valence-electron chi connectivity index (χ1n) is 5.59. The minimum atomic E-state index is 0.213. The van der Waals surface area contributed by atoms with E-state index >= 15 is 0 Å². The van der Waals surface area contributed by atoms with E-state index in [4.69, 9.17) is 5.73 Å². The van der Waals surface area contributed by atoms with Gasteiger partial charge in [0, 0.05) is 17.0 Å². The van der Waals surface area contributed by atoms with Crippen LogP contribution in [0.15, 0.2) is 36.4 Å². The van der Waals surface area contributed by atoms with E-state index in [9.17, 15) is 4.79 Å². The summed E-state index contributed by atoms with van der Waals surface area (Å²) in [6, 6.07) is 11.6. The van der Waals surface area contributed by atoms with Gasteiger partial charge in [-0.25, -0.2) is 0 Å². The van der Waals surface area contributed by atoms with Crippen LogP contribution in [0.1, 0.15) is 26.5 Å².